The highest BCUT2D eigenvalue weighted by atomic mass is 35.5. The minimum atomic E-state index is -0.323. The van der Waals surface area contributed by atoms with E-state index >= 15 is 0 Å². The predicted octanol–water partition coefficient (Wildman–Crippen LogP) is 1.07. The molecule has 1 aromatic heterocycles. The van der Waals surface area contributed by atoms with E-state index in [1.54, 1.807) is 6.20 Å². The Labute approximate surface area is 99.6 Å². The van der Waals surface area contributed by atoms with Gasteiger partial charge in [-0.2, -0.15) is 5.10 Å². The first-order chi connectivity index (χ1) is 7.41. The molecule has 0 bridgehead atoms. The molecule has 1 heterocycles. The number of nitrogens with one attached hydrogen (secondary N) is 1. The van der Waals surface area contributed by atoms with Crippen molar-refractivity contribution >= 4 is 17.3 Å². The fourth-order valence-electron chi connectivity index (χ4n) is 1.19. The second kappa shape index (κ2) is 4.84. The molecule has 0 fully saturated rings. The first-order valence-corrected chi connectivity index (χ1v) is 5.53. The Hall–Kier alpha value is -1.07. The molecule has 5 nitrogen and oxygen atoms in total. The lowest BCUT2D eigenvalue weighted by molar-refractivity contribution is 0.574. The van der Waals surface area contributed by atoms with Crippen LogP contribution in [0, 0.1) is 0 Å². The fraction of sp³-hybridized carbons (Fsp3) is 0.600. The van der Waals surface area contributed by atoms with Gasteiger partial charge >= 0.3 is 0 Å². The number of aryl methyl sites for hydroxylation is 1. The molecule has 0 atom stereocenters. The van der Waals surface area contributed by atoms with Crippen molar-refractivity contribution < 1.29 is 0 Å². The average molecular weight is 245 g/mol. The lowest BCUT2D eigenvalue weighted by atomic mass is 10.1. The molecule has 0 aliphatic rings. The Kier molecular flexibility index (Phi) is 3.93. The molecule has 16 heavy (non-hydrogen) atoms. The molecule has 0 unspecified atom stereocenters. The summed E-state index contributed by atoms with van der Waals surface area (Å²) < 4.78 is 1.31. The van der Waals surface area contributed by atoms with Gasteiger partial charge < -0.3 is 11.1 Å². The normalized spacial score (nSPS) is 11.6. The lowest BCUT2D eigenvalue weighted by Gasteiger charge is -2.25. The molecule has 6 heteroatoms. The Morgan fingerprint density at radius 1 is 1.62 bits per heavy atom. The summed E-state index contributed by atoms with van der Waals surface area (Å²) in [6, 6.07) is 0. The van der Waals surface area contributed by atoms with Crippen LogP contribution in [-0.2, 0) is 6.54 Å². The molecule has 0 aromatic carbocycles. The van der Waals surface area contributed by atoms with E-state index in [9.17, 15) is 4.79 Å². The minimum Gasteiger partial charge on any atom is -0.376 e. The number of anilines is 1. The van der Waals surface area contributed by atoms with Crippen molar-refractivity contribution in [3.05, 3.63) is 21.6 Å². The van der Waals surface area contributed by atoms with Crippen LogP contribution in [0.15, 0.2) is 11.0 Å². The first kappa shape index (κ1) is 13.0. The van der Waals surface area contributed by atoms with E-state index in [-0.39, 0.29) is 16.1 Å². The van der Waals surface area contributed by atoms with Crippen LogP contribution in [0.1, 0.15) is 20.8 Å². The Bertz CT molecular complexity index is 427. The summed E-state index contributed by atoms with van der Waals surface area (Å²) in [6.45, 7) is 6.62. The first-order valence-electron chi connectivity index (χ1n) is 5.15. The van der Waals surface area contributed by atoms with E-state index in [2.05, 4.69) is 10.4 Å². The van der Waals surface area contributed by atoms with Gasteiger partial charge in [-0.1, -0.05) is 11.6 Å². The monoisotopic (exact) mass is 244 g/mol. The third-order valence-corrected chi connectivity index (χ3v) is 2.63. The summed E-state index contributed by atoms with van der Waals surface area (Å²) in [5.41, 5.74) is 5.50. The summed E-state index contributed by atoms with van der Waals surface area (Å²) in [5.74, 6) is 0. The van der Waals surface area contributed by atoms with Crippen LogP contribution >= 0.6 is 11.6 Å². The van der Waals surface area contributed by atoms with Gasteiger partial charge in [0.1, 0.15) is 5.02 Å². The van der Waals surface area contributed by atoms with E-state index in [0.717, 1.165) is 0 Å². The predicted molar refractivity (Wildman–Crippen MR) is 65.9 cm³/mol. The van der Waals surface area contributed by atoms with Crippen LogP contribution in [0.4, 0.5) is 5.69 Å². The standard InChI is InChI=1S/C10H17ClN4O/c1-4-15-9(16)8(11)7(5-13-15)14-10(2,3)6-12/h5,14H,4,6,12H2,1-3H3. The summed E-state index contributed by atoms with van der Waals surface area (Å²) in [5, 5.41) is 7.24. The second-order valence-electron chi connectivity index (χ2n) is 4.21. The highest BCUT2D eigenvalue weighted by Gasteiger charge is 2.18. The topological polar surface area (TPSA) is 72.9 Å². The smallest absolute Gasteiger partial charge is 0.287 e. The summed E-state index contributed by atoms with van der Waals surface area (Å²) in [6.07, 6.45) is 1.55. The molecular formula is C10H17ClN4O. The van der Waals surface area contributed by atoms with Crippen molar-refractivity contribution in [1.29, 1.82) is 0 Å². The van der Waals surface area contributed by atoms with E-state index in [0.29, 0.717) is 18.8 Å². The number of nitrogens with two attached hydrogens (primary N) is 1. The maximum Gasteiger partial charge on any atom is 0.287 e. The highest BCUT2D eigenvalue weighted by Crippen LogP contribution is 2.19. The third kappa shape index (κ3) is 2.74. The Balaban J connectivity index is 3.09. The number of aromatic nitrogens is 2. The van der Waals surface area contributed by atoms with Crippen molar-refractivity contribution in [3.8, 4) is 0 Å². The quantitative estimate of drug-likeness (QED) is 0.831. The second-order valence-corrected chi connectivity index (χ2v) is 4.58. The van der Waals surface area contributed by atoms with Gasteiger partial charge in [0.05, 0.1) is 11.9 Å². The largest absolute Gasteiger partial charge is 0.376 e. The zero-order chi connectivity index (χ0) is 12.3. The third-order valence-electron chi connectivity index (χ3n) is 2.27. The average Bonchev–Trinajstić information content (AvgIpc) is 2.25. The molecular weight excluding hydrogens is 228 g/mol. The van der Waals surface area contributed by atoms with Crippen molar-refractivity contribution in [2.24, 2.45) is 5.73 Å². The van der Waals surface area contributed by atoms with Gasteiger partial charge in [-0.3, -0.25) is 4.79 Å². The zero-order valence-corrected chi connectivity index (χ0v) is 10.5. The van der Waals surface area contributed by atoms with Gasteiger partial charge in [-0.25, -0.2) is 4.68 Å². The zero-order valence-electron chi connectivity index (χ0n) is 9.75. The van der Waals surface area contributed by atoms with Crippen LogP contribution in [0.25, 0.3) is 0 Å². The molecule has 0 radical (unpaired) electrons. The Morgan fingerprint density at radius 3 is 2.75 bits per heavy atom. The van der Waals surface area contributed by atoms with Gasteiger partial charge in [0.2, 0.25) is 0 Å². The molecule has 1 rings (SSSR count). The summed E-state index contributed by atoms with van der Waals surface area (Å²) in [4.78, 5) is 11.7. The summed E-state index contributed by atoms with van der Waals surface area (Å²) in [7, 11) is 0. The minimum absolute atomic E-state index is 0.151. The van der Waals surface area contributed by atoms with Gasteiger partial charge in [0.25, 0.3) is 5.56 Å². The van der Waals surface area contributed by atoms with Crippen LogP contribution < -0.4 is 16.6 Å². The number of halogens is 1. The number of nitrogens with zero attached hydrogens (tertiary/aromatic N) is 2. The lowest BCUT2D eigenvalue weighted by Crippen LogP contribution is -2.40. The maximum absolute atomic E-state index is 11.7. The van der Waals surface area contributed by atoms with E-state index in [1.807, 2.05) is 20.8 Å². The summed E-state index contributed by atoms with van der Waals surface area (Å²) >= 11 is 5.96. The molecule has 0 aliphatic carbocycles. The van der Waals surface area contributed by atoms with Crippen LogP contribution in [-0.4, -0.2) is 21.9 Å². The number of hydrogen-bond donors (Lipinski definition) is 2. The molecule has 0 amide bonds. The molecule has 90 valence electrons. The highest BCUT2D eigenvalue weighted by molar-refractivity contribution is 6.32. The van der Waals surface area contributed by atoms with Crippen molar-refractivity contribution in [1.82, 2.24) is 9.78 Å². The number of hydrogen-bond acceptors (Lipinski definition) is 4. The van der Waals surface area contributed by atoms with Crippen LogP contribution in [0.3, 0.4) is 0 Å². The van der Waals surface area contributed by atoms with Gasteiger partial charge in [-0.05, 0) is 20.8 Å². The van der Waals surface area contributed by atoms with Gasteiger partial charge in [0, 0.05) is 18.6 Å². The van der Waals surface area contributed by atoms with E-state index < -0.39 is 0 Å². The Morgan fingerprint density at radius 2 is 2.25 bits per heavy atom. The van der Waals surface area contributed by atoms with Gasteiger partial charge in [0.15, 0.2) is 0 Å². The van der Waals surface area contributed by atoms with Crippen LogP contribution in [0.2, 0.25) is 5.02 Å². The van der Waals surface area contributed by atoms with Crippen LogP contribution in [0.5, 0.6) is 0 Å². The van der Waals surface area contributed by atoms with Crippen molar-refractivity contribution in [3.63, 3.8) is 0 Å². The van der Waals surface area contributed by atoms with Gasteiger partial charge in [-0.15, -0.1) is 0 Å². The molecule has 3 N–H and O–H groups in total. The maximum atomic E-state index is 11.7. The van der Waals surface area contributed by atoms with Crippen molar-refractivity contribution in [2.45, 2.75) is 32.9 Å². The fourth-order valence-corrected chi connectivity index (χ4v) is 1.39. The number of rotatable bonds is 4. The molecule has 0 spiro atoms. The van der Waals surface area contributed by atoms with E-state index in [4.69, 9.17) is 17.3 Å². The van der Waals surface area contributed by atoms with Crippen molar-refractivity contribution in [2.75, 3.05) is 11.9 Å². The molecule has 0 aliphatic heterocycles. The molecule has 0 saturated heterocycles. The molecule has 0 saturated carbocycles. The van der Waals surface area contributed by atoms with E-state index in [1.165, 1.54) is 4.68 Å². The molecule has 1 aromatic rings. The SMILES string of the molecule is CCn1ncc(NC(C)(C)CN)c(Cl)c1=O.